The molecule has 3 rings (SSSR count). The maximum Gasteiger partial charge on any atom is 0.297 e. The summed E-state index contributed by atoms with van der Waals surface area (Å²) in [6.07, 6.45) is 1.68. The molecule has 0 aliphatic rings. The first-order valence-corrected chi connectivity index (χ1v) is 6.86. The lowest BCUT2D eigenvalue weighted by Gasteiger charge is -2.09. The number of nitrogens with zero attached hydrogens (tertiary/aromatic N) is 3. The van der Waals surface area contributed by atoms with E-state index in [9.17, 15) is 4.79 Å². The third-order valence-electron chi connectivity index (χ3n) is 3.07. The van der Waals surface area contributed by atoms with E-state index in [1.54, 1.807) is 12.3 Å². The summed E-state index contributed by atoms with van der Waals surface area (Å²) in [5, 5.41) is 8.29. The Bertz CT molecular complexity index is 792. The van der Waals surface area contributed by atoms with Crippen molar-refractivity contribution in [2.24, 2.45) is 0 Å². The van der Waals surface area contributed by atoms with E-state index < -0.39 is 0 Å². The van der Waals surface area contributed by atoms with Crippen LogP contribution in [0.5, 0.6) is 0 Å². The largest absolute Gasteiger partial charge is 0.368 e. The number of rotatable bonds is 3. The Hall–Kier alpha value is -2.69. The van der Waals surface area contributed by atoms with Crippen molar-refractivity contribution < 1.29 is 4.79 Å². The van der Waals surface area contributed by atoms with Crippen LogP contribution in [-0.2, 0) is 0 Å². The molecular formula is C16H16N4O. The smallest absolute Gasteiger partial charge is 0.297 e. The fraction of sp³-hybridized carbons (Fsp3) is 0.188. The number of aromatic nitrogens is 3. The van der Waals surface area contributed by atoms with Gasteiger partial charge in [0.1, 0.15) is 11.5 Å². The zero-order valence-corrected chi connectivity index (χ0v) is 11.9. The Labute approximate surface area is 122 Å². The highest BCUT2D eigenvalue weighted by molar-refractivity contribution is 5.99. The third-order valence-corrected chi connectivity index (χ3v) is 3.07. The summed E-state index contributed by atoms with van der Waals surface area (Å²) < 4.78 is 1.39. The molecule has 106 valence electrons. The van der Waals surface area contributed by atoms with E-state index in [0.717, 1.165) is 10.9 Å². The van der Waals surface area contributed by atoms with Crippen LogP contribution in [0.15, 0.2) is 48.7 Å². The standard InChI is InChI=1S/C16H16N4O/c1-11(2)18-15-9-5-7-13(19-15)16(21)20-14-8-4-3-6-12(14)10-17-20/h3-11H,1-2H3,(H,18,19). The molecule has 5 heteroatoms. The van der Waals surface area contributed by atoms with Gasteiger partial charge in [0, 0.05) is 11.4 Å². The van der Waals surface area contributed by atoms with Crippen LogP contribution in [-0.4, -0.2) is 26.7 Å². The van der Waals surface area contributed by atoms with E-state index in [1.807, 2.05) is 50.2 Å². The lowest BCUT2D eigenvalue weighted by molar-refractivity contribution is 0.0945. The van der Waals surface area contributed by atoms with Crippen molar-refractivity contribution in [2.75, 3.05) is 5.32 Å². The van der Waals surface area contributed by atoms with Gasteiger partial charge in [-0.2, -0.15) is 9.78 Å². The highest BCUT2D eigenvalue weighted by Gasteiger charge is 2.14. The van der Waals surface area contributed by atoms with Gasteiger partial charge >= 0.3 is 0 Å². The zero-order valence-electron chi connectivity index (χ0n) is 11.9. The first kappa shape index (κ1) is 13.3. The molecule has 1 N–H and O–H groups in total. The minimum atomic E-state index is -0.233. The van der Waals surface area contributed by atoms with Crippen molar-refractivity contribution in [1.82, 2.24) is 14.8 Å². The monoisotopic (exact) mass is 280 g/mol. The number of hydrogen-bond donors (Lipinski definition) is 1. The predicted octanol–water partition coefficient (Wildman–Crippen LogP) is 2.94. The first-order chi connectivity index (χ1) is 10.1. The van der Waals surface area contributed by atoms with Gasteiger partial charge in [0.05, 0.1) is 11.7 Å². The van der Waals surface area contributed by atoms with E-state index in [1.165, 1.54) is 4.68 Å². The molecule has 0 aliphatic carbocycles. The number of hydrogen-bond acceptors (Lipinski definition) is 4. The number of carbonyl (C=O) groups excluding carboxylic acids is 1. The summed E-state index contributed by atoms with van der Waals surface area (Å²) in [4.78, 5) is 16.9. The lowest BCUT2D eigenvalue weighted by Crippen LogP contribution is -2.17. The second-order valence-corrected chi connectivity index (χ2v) is 5.13. The van der Waals surface area contributed by atoms with Crippen LogP contribution in [0.3, 0.4) is 0 Å². The Kier molecular flexibility index (Phi) is 3.39. The van der Waals surface area contributed by atoms with Gasteiger partial charge in [0.15, 0.2) is 0 Å². The molecule has 0 aliphatic heterocycles. The van der Waals surface area contributed by atoms with Crippen molar-refractivity contribution in [3.05, 3.63) is 54.4 Å². The SMILES string of the molecule is CC(C)Nc1cccc(C(=O)n2ncc3ccccc32)n1. The normalized spacial score (nSPS) is 11.0. The number of anilines is 1. The summed E-state index contributed by atoms with van der Waals surface area (Å²) >= 11 is 0. The van der Waals surface area contributed by atoms with Gasteiger partial charge in [-0.15, -0.1) is 0 Å². The molecule has 0 amide bonds. The van der Waals surface area contributed by atoms with Crippen LogP contribution in [0.1, 0.15) is 24.3 Å². The lowest BCUT2D eigenvalue weighted by atomic mass is 10.2. The van der Waals surface area contributed by atoms with Crippen molar-refractivity contribution in [1.29, 1.82) is 0 Å². The minimum absolute atomic E-state index is 0.233. The van der Waals surface area contributed by atoms with E-state index in [0.29, 0.717) is 11.5 Å². The van der Waals surface area contributed by atoms with E-state index in [4.69, 9.17) is 0 Å². The maximum atomic E-state index is 12.6. The van der Waals surface area contributed by atoms with Crippen LogP contribution >= 0.6 is 0 Å². The number of fused-ring (bicyclic) bond motifs is 1. The molecule has 0 fully saturated rings. The molecular weight excluding hydrogens is 264 g/mol. The summed E-state index contributed by atoms with van der Waals surface area (Å²) in [6.45, 7) is 4.05. The minimum Gasteiger partial charge on any atom is -0.368 e. The average molecular weight is 280 g/mol. The number of pyridine rings is 1. The molecule has 2 aromatic heterocycles. The van der Waals surface area contributed by atoms with Gasteiger partial charge in [0.2, 0.25) is 0 Å². The summed E-state index contributed by atoms with van der Waals surface area (Å²) in [6, 6.07) is 13.2. The van der Waals surface area contributed by atoms with Crippen molar-refractivity contribution in [2.45, 2.75) is 19.9 Å². The molecule has 0 saturated heterocycles. The van der Waals surface area contributed by atoms with Gasteiger partial charge in [-0.1, -0.05) is 24.3 Å². The molecule has 0 spiro atoms. The second-order valence-electron chi connectivity index (χ2n) is 5.13. The van der Waals surface area contributed by atoms with Gasteiger partial charge in [-0.25, -0.2) is 4.98 Å². The van der Waals surface area contributed by atoms with E-state index in [2.05, 4.69) is 15.4 Å². The number of benzene rings is 1. The van der Waals surface area contributed by atoms with Crippen LogP contribution in [0.4, 0.5) is 5.82 Å². The van der Waals surface area contributed by atoms with Crippen molar-refractivity contribution in [3.63, 3.8) is 0 Å². The number of para-hydroxylation sites is 1. The van der Waals surface area contributed by atoms with Crippen LogP contribution < -0.4 is 5.32 Å². The molecule has 3 aromatic rings. The van der Waals surface area contributed by atoms with Crippen LogP contribution in [0.2, 0.25) is 0 Å². The third kappa shape index (κ3) is 2.63. The van der Waals surface area contributed by atoms with Gasteiger partial charge < -0.3 is 5.32 Å². The van der Waals surface area contributed by atoms with Gasteiger partial charge in [0.25, 0.3) is 5.91 Å². The summed E-state index contributed by atoms with van der Waals surface area (Å²) in [7, 11) is 0. The summed E-state index contributed by atoms with van der Waals surface area (Å²) in [5.74, 6) is 0.455. The predicted molar refractivity (Wildman–Crippen MR) is 82.5 cm³/mol. The molecule has 0 bridgehead atoms. The highest BCUT2D eigenvalue weighted by Crippen LogP contribution is 2.15. The maximum absolute atomic E-state index is 12.6. The fourth-order valence-corrected chi connectivity index (χ4v) is 2.17. The first-order valence-electron chi connectivity index (χ1n) is 6.86. The Morgan fingerprint density at radius 2 is 1.95 bits per heavy atom. The molecule has 21 heavy (non-hydrogen) atoms. The van der Waals surface area contributed by atoms with E-state index in [-0.39, 0.29) is 11.9 Å². The quantitative estimate of drug-likeness (QED) is 0.801. The molecule has 5 nitrogen and oxygen atoms in total. The molecule has 0 radical (unpaired) electrons. The Morgan fingerprint density at radius 3 is 2.76 bits per heavy atom. The number of carbonyl (C=O) groups is 1. The number of nitrogens with one attached hydrogen (secondary N) is 1. The van der Waals surface area contributed by atoms with E-state index >= 15 is 0 Å². The fourth-order valence-electron chi connectivity index (χ4n) is 2.17. The highest BCUT2D eigenvalue weighted by atomic mass is 16.2. The van der Waals surface area contributed by atoms with Gasteiger partial charge in [-0.05, 0) is 32.0 Å². The van der Waals surface area contributed by atoms with Crippen LogP contribution in [0.25, 0.3) is 10.9 Å². The van der Waals surface area contributed by atoms with Crippen molar-refractivity contribution >= 4 is 22.6 Å². The molecule has 1 aromatic carbocycles. The zero-order chi connectivity index (χ0) is 14.8. The Balaban J connectivity index is 1.98. The molecule has 0 atom stereocenters. The topological polar surface area (TPSA) is 59.8 Å². The molecule has 0 unspecified atom stereocenters. The Morgan fingerprint density at radius 1 is 1.14 bits per heavy atom. The van der Waals surface area contributed by atoms with Gasteiger partial charge in [-0.3, -0.25) is 4.79 Å². The van der Waals surface area contributed by atoms with Crippen LogP contribution in [0, 0.1) is 0 Å². The summed E-state index contributed by atoms with van der Waals surface area (Å²) in [5.41, 5.74) is 1.15. The molecule has 2 heterocycles. The molecule has 0 saturated carbocycles. The second kappa shape index (κ2) is 5.36. The average Bonchev–Trinajstić information content (AvgIpc) is 2.90. The van der Waals surface area contributed by atoms with Crippen molar-refractivity contribution in [3.8, 4) is 0 Å².